The minimum absolute atomic E-state index is 0.0552. The zero-order valence-corrected chi connectivity index (χ0v) is 12.7. The Labute approximate surface area is 122 Å². The van der Waals surface area contributed by atoms with Crippen LogP contribution in [-0.2, 0) is 14.6 Å². The van der Waals surface area contributed by atoms with Gasteiger partial charge in [-0.05, 0) is 18.1 Å². The van der Waals surface area contributed by atoms with Crippen LogP contribution in [0.5, 0.6) is 0 Å². The summed E-state index contributed by atoms with van der Waals surface area (Å²) in [5.41, 5.74) is 4.60. The molecular formula is C12H17N3O5S. The van der Waals surface area contributed by atoms with Crippen LogP contribution >= 0.6 is 0 Å². The molecule has 0 aliphatic rings. The van der Waals surface area contributed by atoms with E-state index in [0.717, 1.165) is 12.3 Å². The van der Waals surface area contributed by atoms with Gasteiger partial charge in [-0.25, -0.2) is 8.42 Å². The van der Waals surface area contributed by atoms with Crippen molar-refractivity contribution in [3.05, 3.63) is 28.3 Å². The van der Waals surface area contributed by atoms with Crippen LogP contribution in [0.1, 0.15) is 13.8 Å². The van der Waals surface area contributed by atoms with Crippen LogP contribution in [0.4, 0.5) is 11.4 Å². The van der Waals surface area contributed by atoms with Crippen molar-refractivity contribution in [2.45, 2.75) is 24.8 Å². The molecule has 0 saturated carbocycles. The number of nitrogens with one attached hydrogen (secondary N) is 1. The molecule has 1 aromatic rings. The topological polar surface area (TPSA) is 132 Å². The fourth-order valence-electron chi connectivity index (χ4n) is 1.86. The summed E-state index contributed by atoms with van der Waals surface area (Å²) in [6.07, 6.45) is 0.882. The molecule has 1 aromatic carbocycles. The first-order chi connectivity index (χ1) is 9.55. The van der Waals surface area contributed by atoms with Gasteiger partial charge in [-0.3, -0.25) is 14.9 Å². The first-order valence-corrected chi connectivity index (χ1v) is 7.98. The van der Waals surface area contributed by atoms with Crippen LogP contribution in [0.15, 0.2) is 23.1 Å². The molecule has 0 aliphatic carbocycles. The lowest BCUT2D eigenvalue weighted by Gasteiger charge is -2.20. The summed E-state index contributed by atoms with van der Waals surface area (Å²) in [7, 11) is -3.78. The molecule has 0 aliphatic heterocycles. The quantitative estimate of drug-likeness (QED) is 0.592. The summed E-state index contributed by atoms with van der Waals surface area (Å²) in [4.78, 5) is 21.4. The fraction of sp³-hybridized carbons (Fsp3) is 0.417. The Morgan fingerprint density at radius 2 is 1.95 bits per heavy atom. The van der Waals surface area contributed by atoms with Crippen LogP contribution in [0.2, 0.25) is 0 Å². The second kappa shape index (κ2) is 6.08. The molecule has 0 bridgehead atoms. The van der Waals surface area contributed by atoms with Gasteiger partial charge in [0.15, 0.2) is 9.84 Å². The number of nitrogens with zero attached hydrogens (tertiary/aromatic N) is 1. The van der Waals surface area contributed by atoms with Crippen LogP contribution in [0.3, 0.4) is 0 Å². The van der Waals surface area contributed by atoms with Gasteiger partial charge in [0.1, 0.15) is 16.6 Å². The highest BCUT2D eigenvalue weighted by Gasteiger charge is 2.29. The third-order valence-corrected chi connectivity index (χ3v) is 3.99. The monoisotopic (exact) mass is 315 g/mol. The summed E-state index contributed by atoms with van der Waals surface area (Å²) in [5.74, 6) is -0.895. The lowest BCUT2D eigenvalue weighted by Crippen LogP contribution is -2.39. The van der Waals surface area contributed by atoms with Crippen molar-refractivity contribution in [1.82, 2.24) is 0 Å². The van der Waals surface area contributed by atoms with E-state index in [-0.39, 0.29) is 11.6 Å². The molecule has 1 amide bonds. The zero-order valence-electron chi connectivity index (χ0n) is 11.9. The molecule has 21 heavy (non-hydrogen) atoms. The summed E-state index contributed by atoms with van der Waals surface area (Å²) < 4.78 is 23.3. The summed E-state index contributed by atoms with van der Waals surface area (Å²) in [6.45, 7) is 3.43. The maximum absolute atomic E-state index is 11.6. The molecule has 0 heterocycles. The lowest BCUT2D eigenvalue weighted by molar-refractivity contribution is -0.386. The average Bonchev–Trinajstić information content (AvgIpc) is 2.33. The molecule has 0 saturated heterocycles. The van der Waals surface area contributed by atoms with Gasteiger partial charge in [0.05, 0.1) is 4.92 Å². The van der Waals surface area contributed by atoms with Gasteiger partial charge >= 0.3 is 5.69 Å². The van der Waals surface area contributed by atoms with Crippen LogP contribution in [-0.4, -0.2) is 31.5 Å². The van der Waals surface area contributed by atoms with Gasteiger partial charge in [0, 0.05) is 6.26 Å². The molecule has 1 unspecified atom stereocenters. The lowest BCUT2D eigenvalue weighted by atomic mass is 10.0. The van der Waals surface area contributed by atoms with Gasteiger partial charge in [0.25, 0.3) is 0 Å². The average molecular weight is 315 g/mol. The van der Waals surface area contributed by atoms with Gasteiger partial charge in [-0.2, -0.15) is 0 Å². The van der Waals surface area contributed by atoms with E-state index >= 15 is 0 Å². The number of carbonyl (C=O) groups is 1. The maximum Gasteiger partial charge on any atom is 0.310 e. The normalized spacial score (nSPS) is 13.0. The van der Waals surface area contributed by atoms with E-state index in [4.69, 9.17) is 5.73 Å². The zero-order chi connectivity index (χ0) is 16.4. The molecule has 0 fully saturated rings. The molecule has 0 radical (unpaired) electrons. The number of benzene rings is 1. The van der Waals surface area contributed by atoms with Crippen molar-refractivity contribution < 1.29 is 18.1 Å². The first-order valence-electron chi connectivity index (χ1n) is 6.09. The molecule has 116 valence electrons. The number of primary amides is 1. The standard InChI is InChI=1S/C12H17N3O5S/c1-7(2)10(12(13)16)14-8-5-4-6-9(21(3,19)20)11(8)15(17)18/h4-7,10,14H,1-3H3,(H2,13,16). The second-order valence-corrected chi connectivity index (χ2v) is 6.93. The van der Waals surface area contributed by atoms with E-state index in [1.165, 1.54) is 12.1 Å². The second-order valence-electron chi connectivity index (χ2n) is 4.95. The summed E-state index contributed by atoms with van der Waals surface area (Å²) in [5, 5.41) is 13.9. The molecule has 0 aromatic heterocycles. The Morgan fingerprint density at radius 1 is 1.38 bits per heavy atom. The number of hydrogen-bond acceptors (Lipinski definition) is 6. The van der Waals surface area contributed by atoms with Crippen LogP contribution in [0.25, 0.3) is 0 Å². The largest absolute Gasteiger partial charge is 0.368 e. The Morgan fingerprint density at radius 3 is 2.33 bits per heavy atom. The van der Waals surface area contributed by atoms with E-state index in [2.05, 4.69) is 5.32 Å². The number of nitro groups is 1. The number of carbonyl (C=O) groups excluding carboxylic acids is 1. The van der Waals surface area contributed by atoms with Gasteiger partial charge in [-0.15, -0.1) is 0 Å². The third-order valence-electron chi connectivity index (χ3n) is 2.87. The number of hydrogen-bond donors (Lipinski definition) is 2. The summed E-state index contributed by atoms with van der Waals surface area (Å²) >= 11 is 0. The third kappa shape index (κ3) is 3.91. The predicted octanol–water partition coefficient (Wildman–Crippen LogP) is 0.920. The van der Waals surface area contributed by atoms with Crippen molar-refractivity contribution in [2.24, 2.45) is 11.7 Å². The van der Waals surface area contributed by atoms with E-state index < -0.39 is 37.3 Å². The van der Waals surface area contributed by atoms with Crippen molar-refractivity contribution >= 4 is 27.1 Å². The number of anilines is 1. The Bertz CT molecular complexity index is 669. The smallest absolute Gasteiger partial charge is 0.310 e. The van der Waals surface area contributed by atoms with Crippen molar-refractivity contribution in [2.75, 3.05) is 11.6 Å². The van der Waals surface area contributed by atoms with Crippen LogP contribution in [0, 0.1) is 16.0 Å². The van der Waals surface area contributed by atoms with E-state index in [0.29, 0.717) is 0 Å². The fourth-order valence-corrected chi connectivity index (χ4v) is 2.72. The molecule has 1 atom stereocenters. The number of sulfone groups is 1. The molecule has 3 N–H and O–H groups in total. The summed E-state index contributed by atoms with van der Waals surface area (Å²) in [6, 6.07) is 3.00. The molecule has 0 spiro atoms. The van der Waals surface area contributed by atoms with Gasteiger partial charge < -0.3 is 11.1 Å². The minimum Gasteiger partial charge on any atom is -0.368 e. The van der Waals surface area contributed by atoms with Gasteiger partial charge in [-0.1, -0.05) is 19.9 Å². The Kier molecular flexibility index (Phi) is 4.89. The number of para-hydroxylation sites is 1. The SMILES string of the molecule is CC(C)C(Nc1cccc(S(C)(=O)=O)c1[N+](=O)[O-])C(N)=O. The van der Waals surface area contributed by atoms with Gasteiger partial charge in [0.2, 0.25) is 5.91 Å². The van der Waals surface area contributed by atoms with E-state index in [1.54, 1.807) is 13.8 Å². The van der Waals surface area contributed by atoms with Crippen molar-refractivity contribution in [3.63, 3.8) is 0 Å². The van der Waals surface area contributed by atoms with Crippen LogP contribution < -0.4 is 11.1 Å². The number of amides is 1. The maximum atomic E-state index is 11.6. The molecular weight excluding hydrogens is 298 g/mol. The minimum atomic E-state index is -3.78. The van der Waals surface area contributed by atoms with Crippen molar-refractivity contribution in [1.29, 1.82) is 0 Å². The number of nitro benzene ring substituents is 1. The number of rotatable bonds is 6. The molecule has 9 heteroatoms. The first kappa shape index (κ1) is 16.9. The highest BCUT2D eigenvalue weighted by molar-refractivity contribution is 7.90. The highest BCUT2D eigenvalue weighted by atomic mass is 32.2. The van der Waals surface area contributed by atoms with Crippen molar-refractivity contribution in [3.8, 4) is 0 Å². The Hall–Kier alpha value is -2.16. The van der Waals surface area contributed by atoms with E-state index in [1.807, 2.05) is 0 Å². The number of nitrogens with two attached hydrogens (primary N) is 1. The Balaban J connectivity index is 3.44. The predicted molar refractivity (Wildman–Crippen MR) is 77.6 cm³/mol. The molecule has 8 nitrogen and oxygen atoms in total. The van der Waals surface area contributed by atoms with E-state index in [9.17, 15) is 23.3 Å². The highest BCUT2D eigenvalue weighted by Crippen LogP contribution is 2.32. The molecule has 1 rings (SSSR count).